The van der Waals surface area contributed by atoms with Gasteiger partial charge in [0.05, 0.1) is 19.6 Å². The third-order valence-corrected chi connectivity index (χ3v) is 4.28. The predicted octanol–water partition coefficient (Wildman–Crippen LogP) is 0.488. The van der Waals surface area contributed by atoms with E-state index in [0.29, 0.717) is 19.6 Å². The number of nitrogens with two attached hydrogens (primary N) is 1. The topological polar surface area (TPSA) is 84.7 Å². The fourth-order valence-electron chi connectivity index (χ4n) is 2.83. The van der Waals surface area contributed by atoms with Gasteiger partial charge in [-0.25, -0.2) is 0 Å². The van der Waals surface area contributed by atoms with Crippen molar-refractivity contribution in [2.24, 2.45) is 5.73 Å². The Morgan fingerprint density at radius 2 is 2.14 bits per heavy atom. The molecule has 0 saturated carbocycles. The second-order valence-electron chi connectivity index (χ2n) is 5.62. The maximum atomic E-state index is 12.0. The van der Waals surface area contributed by atoms with Crippen LogP contribution in [-0.2, 0) is 16.1 Å². The Morgan fingerprint density at radius 3 is 2.77 bits per heavy atom. The van der Waals surface area contributed by atoms with Gasteiger partial charge in [0.2, 0.25) is 11.8 Å². The zero-order valence-corrected chi connectivity index (χ0v) is 13.3. The highest BCUT2D eigenvalue weighted by molar-refractivity contribution is 5.88. The van der Waals surface area contributed by atoms with Crippen LogP contribution in [0.5, 0.6) is 5.75 Å². The summed E-state index contributed by atoms with van der Waals surface area (Å²) in [5.74, 6) is 0.258. The van der Waals surface area contributed by atoms with E-state index < -0.39 is 11.9 Å². The van der Waals surface area contributed by atoms with E-state index in [1.54, 1.807) is 7.11 Å². The van der Waals surface area contributed by atoms with Crippen molar-refractivity contribution in [3.8, 4) is 5.75 Å². The highest BCUT2D eigenvalue weighted by Crippen LogP contribution is 2.25. The SMILES string of the molecule is COc1ccc(CN2CCNC(=O)[C@H]2CC(N)=O)c(C)c1C. The molecule has 0 spiro atoms. The number of benzene rings is 1. The molecular formula is C16H23N3O3. The molecule has 0 radical (unpaired) electrons. The summed E-state index contributed by atoms with van der Waals surface area (Å²) in [5.41, 5.74) is 8.63. The van der Waals surface area contributed by atoms with E-state index in [0.717, 1.165) is 22.4 Å². The van der Waals surface area contributed by atoms with Crippen molar-refractivity contribution in [1.82, 2.24) is 10.2 Å². The lowest BCUT2D eigenvalue weighted by atomic mass is 10.00. The molecule has 0 aliphatic carbocycles. The monoisotopic (exact) mass is 305 g/mol. The summed E-state index contributed by atoms with van der Waals surface area (Å²) in [6.45, 7) is 5.96. The molecule has 120 valence electrons. The summed E-state index contributed by atoms with van der Waals surface area (Å²) in [5, 5.41) is 2.79. The average Bonchev–Trinajstić information content (AvgIpc) is 2.47. The minimum Gasteiger partial charge on any atom is -0.496 e. The largest absolute Gasteiger partial charge is 0.496 e. The molecule has 1 heterocycles. The van der Waals surface area contributed by atoms with Gasteiger partial charge in [0.15, 0.2) is 0 Å². The molecule has 1 saturated heterocycles. The van der Waals surface area contributed by atoms with Gasteiger partial charge < -0.3 is 15.8 Å². The lowest BCUT2D eigenvalue weighted by molar-refractivity contribution is -0.133. The molecule has 1 aromatic carbocycles. The van der Waals surface area contributed by atoms with E-state index >= 15 is 0 Å². The fourth-order valence-corrected chi connectivity index (χ4v) is 2.83. The van der Waals surface area contributed by atoms with Crippen LogP contribution in [0.3, 0.4) is 0 Å². The number of ether oxygens (including phenoxy) is 1. The maximum Gasteiger partial charge on any atom is 0.237 e. The third-order valence-electron chi connectivity index (χ3n) is 4.28. The molecule has 0 bridgehead atoms. The van der Waals surface area contributed by atoms with Gasteiger partial charge in [0, 0.05) is 19.6 Å². The van der Waals surface area contributed by atoms with Crippen LogP contribution in [0.2, 0.25) is 0 Å². The Kier molecular flexibility index (Phi) is 5.03. The number of rotatable bonds is 5. The van der Waals surface area contributed by atoms with Crippen LogP contribution in [0.1, 0.15) is 23.1 Å². The quantitative estimate of drug-likeness (QED) is 0.829. The van der Waals surface area contributed by atoms with Crippen molar-refractivity contribution in [3.63, 3.8) is 0 Å². The third kappa shape index (κ3) is 3.39. The zero-order chi connectivity index (χ0) is 16.3. The van der Waals surface area contributed by atoms with Crippen LogP contribution in [0, 0.1) is 13.8 Å². The Labute approximate surface area is 130 Å². The first-order chi connectivity index (χ1) is 10.4. The molecule has 2 rings (SSSR count). The first-order valence-electron chi connectivity index (χ1n) is 7.37. The molecular weight excluding hydrogens is 282 g/mol. The number of carbonyl (C=O) groups is 2. The standard InChI is InChI=1S/C16H23N3O3/c1-10-11(2)14(22-3)5-4-12(10)9-19-7-6-18-16(21)13(19)8-15(17)20/h4-5,13H,6-9H2,1-3H3,(H2,17,20)(H,18,21)/t13-/m1/s1. The van der Waals surface area contributed by atoms with Gasteiger partial charge in [0.1, 0.15) is 5.75 Å². The van der Waals surface area contributed by atoms with Gasteiger partial charge in [0.25, 0.3) is 0 Å². The highest BCUT2D eigenvalue weighted by atomic mass is 16.5. The summed E-state index contributed by atoms with van der Waals surface area (Å²) < 4.78 is 5.32. The Bertz CT molecular complexity index is 586. The molecule has 0 aromatic heterocycles. The normalized spacial score (nSPS) is 18.9. The van der Waals surface area contributed by atoms with Crippen LogP contribution in [0.15, 0.2) is 12.1 Å². The molecule has 2 amide bonds. The van der Waals surface area contributed by atoms with Crippen molar-refractivity contribution >= 4 is 11.8 Å². The lowest BCUT2D eigenvalue weighted by Gasteiger charge is -2.35. The van der Waals surface area contributed by atoms with E-state index in [1.165, 1.54) is 0 Å². The summed E-state index contributed by atoms with van der Waals surface area (Å²) in [6, 6.07) is 3.45. The zero-order valence-electron chi connectivity index (χ0n) is 13.3. The van der Waals surface area contributed by atoms with Gasteiger partial charge in [-0.05, 0) is 36.6 Å². The number of amides is 2. The second kappa shape index (κ2) is 6.79. The van der Waals surface area contributed by atoms with Crippen LogP contribution >= 0.6 is 0 Å². The van der Waals surface area contributed by atoms with Crippen molar-refractivity contribution in [1.29, 1.82) is 0 Å². The van der Waals surface area contributed by atoms with Gasteiger partial charge in [-0.3, -0.25) is 14.5 Å². The summed E-state index contributed by atoms with van der Waals surface area (Å²) in [4.78, 5) is 25.2. The molecule has 6 nitrogen and oxygen atoms in total. The number of primary amides is 1. The van der Waals surface area contributed by atoms with Gasteiger partial charge in [-0.2, -0.15) is 0 Å². The first kappa shape index (κ1) is 16.3. The van der Waals surface area contributed by atoms with Crippen molar-refractivity contribution in [3.05, 3.63) is 28.8 Å². The fraction of sp³-hybridized carbons (Fsp3) is 0.500. The molecule has 3 N–H and O–H groups in total. The van der Waals surface area contributed by atoms with E-state index in [9.17, 15) is 9.59 Å². The number of methoxy groups -OCH3 is 1. The van der Waals surface area contributed by atoms with Crippen LogP contribution in [0.4, 0.5) is 0 Å². The number of piperazine rings is 1. The number of nitrogens with one attached hydrogen (secondary N) is 1. The number of hydrogen-bond acceptors (Lipinski definition) is 4. The van der Waals surface area contributed by atoms with E-state index in [4.69, 9.17) is 10.5 Å². The Balaban J connectivity index is 2.22. The summed E-state index contributed by atoms with van der Waals surface area (Å²) >= 11 is 0. The minimum absolute atomic E-state index is 0.0417. The Hall–Kier alpha value is -2.08. The highest BCUT2D eigenvalue weighted by Gasteiger charge is 2.31. The molecule has 1 fully saturated rings. The minimum atomic E-state index is -0.493. The number of hydrogen-bond donors (Lipinski definition) is 2. The molecule has 1 aliphatic rings. The second-order valence-corrected chi connectivity index (χ2v) is 5.62. The van der Waals surface area contributed by atoms with Crippen molar-refractivity contribution in [2.75, 3.05) is 20.2 Å². The molecule has 1 aliphatic heterocycles. The lowest BCUT2D eigenvalue weighted by Crippen LogP contribution is -2.55. The van der Waals surface area contributed by atoms with E-state index in [1.807, 2.05) is 30.9 Å². The average molecular weight is 305 g/mol. The van der Waals surface area contributed by atoms with Crippen molar-refractivity contribution in [2.45, 2.75) is 32.9 Å². The van der Waals surface area contributed by atoms with Crippen LogP contribution < -0.4 is 15.8 Å². The van der Waals surface area contributed by atoms with E-state index in [-0.39, 0.29) is 12.3 Å². The predicted molar refractivity (Wildman–Crippen MR) is 83.5 cm³/mol. The van der Waals surface area contributed by atoms with E-state index in [2.05, 4.69) is 5.32 Å². The smallest absolute Gasteiger partial charge is 0.237 e. The van der Waals surface area contributed by atoms with Gasteiger partial charge >= 0.3 is 0 Å². The summed E-state index contributed by atoms with van der Waals surface area (Å²) in [6.07, 6.45) is 0.0417. The Morgan fingerprint density at radius 1 is 1.41 bits per heavy atom. The first-order valence-corrected chi connectivity index (χ1v) is 7.37. The van der Waals surface area contributed by atoms with Gasteiger partial charge in [-0.15, -0.1) is 0 Å². The molecule has 0 unspecified atom stereocenters. The summed E-state index contributed by atoms with van der Waals surface area (Å²) in [7, 11) is 1.65. The number of nitrogens with zero attached hydrogens (tertiary/aromatic N) is 1. The molecule has 1 aromatic rings. The maximum absolute atomic E-state index is 12.0. The molecule has 1 atom stereocenters. The van der Waals surface area contributed by atoms with Gasteiger partial charge in [-0.1, -0.05) is 6.07 Å². The number of carbonyl (C=O) groups excluding carboxylic acids is 2. The molecule has 22 heavy (non-hydrogen) atoms. The van der Waals surface area contributed by atoms with Crippen LogP contribution in [-0.4, -0.2) is 43.0 Å². The van der Waals surface area contributed by atoms with Crippen LogP contribution in [0.25, 0.3) is 0 Å². The van der Waals surface area contributed by atoms with Crippen molar-refractivity contribution < 1.29 is 14.3 Å². The molecule has 6 heteroatoms.